The van der Waals surface area contributed by atoms with Gasteiger partial charge in [0, 0.05) is 18.5 Å². The molecule has 0 bridgehead atoms. The van der Waals surface area contributed by atoms with Gasteiger partial charge in [-0.25, -0.2) is 9.78 Å². The van der Waals surface area contributed by atoms with Crippen LogP contribution < -0.4 is 0 Å². The summed E-state index contributed by atoms with van der Waals surface area (Å²) in [6, 6.07) is 7.11. The molecule has 0 aliphatic heterocycles. The molecular weight excluding hydrogens is 220 g/mol. The van der Waals surface area contributed by atoms with Crippen LogP contribution in [0, 0.1) is 0 Å². The molecule has 2 N–H and O–H groups in total. The summed E-state index contributed by atoms with van der Waals surface area (Å²) >= 11 is 0. The molecule has 0 atom stereocenters. The van der Waals surface area contributed by atoms with Crippen LogP contribution >= 0.6 is 0 Å². The van der Waals surface area contributed by atoms with Crippen LogP contribution in [0.3, 0.4) is 0 Å². The average Bonchev–Trinajstić information content (AvgIpc) is 2.95. The summed E-state index contributed by atoms with van der Waals surface area (Å²) in [6.45, 7) is 0. The highest BCUT2D eigenvalue weighted by atomic mass is 16.4. The van der Waals surface area contributed by atoms with Crippen molar-refractivity contribution in [3.8, 4) is 11.4 Å². The molecular formula is C11H8N4O2. The van der Waals surface area contributed by atoms with Gasteiger partial charge in [0.1, 0.15) is 22.7 Å². The number of hydrogen-bond donors (Lipinski definition) is 2. The molecule has 0 aliphatic rings. The van der Waals surface area contributed by atoms with Crippen molar-refractivity contribution in [1.29, 1.82) is 0 Å². The summed E-state index contributed by atoms with van der Waals surface area (Å²) in [4.78, 5) is 15.1. The predicted octanol–water partition coefficient (Wildman–Crippen LogP) is 1.42. The Morgan fingerprint density at radius 1 is 1.35 bits per heavy atom. The Morgan fingerprint density at radius 3 is 2.94 bits per heavy atom. The van der Waals surface area contributed by atoms with E-state index in [1.807, 2.05) is 28.8 Å². The Balaban J connectivity index is 2.10. The van der Waals surface area contributed by atoms with Crippen molar-refractivity contribution >= 4 is 11.6 Å². The number of carboxylic acid groups (broad SMARTS) is 1. The van der Waals surface area contributed by atoms with E-state index in [1.165, 1.54) is 6.07 Å². The maximum Gasteiger partial charge on any atom is 0.353 e. The standard InChI is InChI=1S/C11H8N4O2/c16-11(17)8-5-7(13-14-8)9-6-15-4-2-1-3-10(15)12-9/h1-6H,(H,13,14)(H,16,17). The monoisotopic (exact) mass is 228 g/mol. The first kappa shape index (κ1) is 9.59. The molecule has 3 aromatic rings. The molecule has 0 saturated heterocycles. The number of nitrogens with one attached hydrogen (secondary N) is 1. The molecule has 17 heavy (non-hydrogen) atoms. The summed E-state index contributed by atoms with van der Waals surface area (Å²) in [5, 5.41) is 15.2. The maximum absolute atomic E-state index is 10.7. The highest BCUT2D eigenvalue weighted by Gasteiger charge is 2.11. The fraction of sp³-hybridized carbons (Fsp3) is 0. The summed E-state index contributed by atoms with van der Waals surface area (Å²) in [5.74, 6) is -1.03. The number of aromatic nitrogens is 4. The minimum absolute atomic E-state index is 0.0528. The van der Waals surface area contributed by atoms with E-state index in [-0.39, 0.29) is 5.69 Å². The molecule has 84 valence electrons. The van der Waals surface area contributed by atoms with Crippen LogP contribution in [0.5, 0.6) is 0 Å². The van der Waals surface area contributed by atoms with E-state index in [0.717, 1.165) is 5.65 Å². The lowest BCUT2D eigenvalue weighted by atomic mass is 10.3. The van der Waals surface area contributed by atoms with Crippen LogP contribution in [0.4, 0.5) is 0 Å². The van der Waals surface area contributed by atoms with Crippen molar-refractivity contribution in [2.24, 2.45) is 0 Å². The molecule has 0 radical (unpaired) electrons. The van der Waals surface area contributed by atoms with Crippen molar-refractivity contribution in [3.63, 3.8) is 0 Å². The minimum atomic E-state index is -1.03. The zero-order chi connectivity index (χ0) is 11.8. The van der Waals surface area contributed by atoms with Crippen molar-refractivity contribution in [1.82, 2.24) is 19.6 Å². The van der Waals surface area contributed by atoms with Gasteiger partial charge in [-0.2, -0.15) is 5.10 Å². The minimum Gasteiger partial charge on any atom is -0.477 e. The van der Waals surface area contributed by atoms with Crippen molar-refractivity contribution in [2.45, 2.75) is 0 Å². The van der Waals surface area contributed by atoms with E-state index >= 15 is 0 Å². The van der Waals surface area contributed by atoms with Gasteiger partial charge in [0.2, 0.25) is 0 Å². The number of hydrogen-bond acceptors (Lipinski definition) is 3. The van der Waals surface area contributed by atoms with Crippen LogP contribution in [0.1, 0.15) is 10.5 Å². The summed E-state index contributed by atoms with van der Waals surface area (Å²) in [5.41, 5.74) is 2.01. The Morgan fingerprint density at radius 2 is 2.24 bits per heavy atom. The molecule has 0 fully saturated rings. The fourth-order valence-corrected chi connectivity index (χ4v) is 1.62. The molecule has 0 spiro atoms. The Bertz CT molecular complexity index is 665. The van der Waals surface area contributed by atoms with E-state index in [0.29, 0.717) is 11.4 Å². The summed E-state index contributed by atoms with van der Waals surface area (Å²) in [6.07, 6.45) is 3.67. The van der Waals surface area contributed by atoms with Crippen LogP contribution in [-0.4, -0.2) is 30.7 Å². The molecule has 0 aromatic carbocycles. The first-order valence-corrected chi connectivity index (χ1v) is 4.97. The second kappa shape index (κ2) is 3.44. The zero-order valence-corrected chi connectivity index (χ0v) is 8.66. The summed E-state index contributed by atoms with van der Waals surface area (Å²) < 4.78 is 1.85. The number of H-pyrrole nitrogens is 1. The first-order valence-electron chi connectivity index (χ1n) is 4.97. The SMILES string of the molecule is O=C(O)c1cc(-c2cn3ccccc3n2)n[nH]1. The quantitative estimate of drug-likeness (QED) is 0.694. The van der Waals surface area contributed by atoms with Gasteiger partial charge >= 0.3 is 5.97 Å². The summed E-state index contributed by atoms with van der Waals surface area (Å²) in [7, 11) is 0. The van der Waals surface area contributed by atoms with Gasteiger partial charge in [-0.15, -0.1) is 0 Å². The van der Waals surface area contributed by atoms with Crippen molar-refractivity contribution < 1.29 is 9.90 Å². The number of aromatic carboxylic acids is 1. The van der Waals surface area contributed by atoms with Crippen molar-refractivity contribution in [3.05, 3.63) is 42.4 Å². The number of carboxylic acids is 1. The number of carbonyl (C=O) groups is 1. The van der Waals surface area contributed by atoms with E-state index in [2.05, 4.69) is 15.2 Å². The molecule has 0 unspecified atom stereocenters. The normalized spacial score (nSPS) is 10.8. The Hall–Kier alpha value is -2.63. The number of rotatable bonds is 2. The second-order valence-electron chi connectivity index (χ2n) is 3.56. The van der Waals surface area contributed by atoms with Gasteiger partial charge in [-0.1, -0.05) is 6.07 Å². The topological polar surface area (TPSA) is 83.3 Å². The lowest BCUT2D eigenvalue weighted by molar-refractivity contribution is 0.0690. The highest BCUT2D eigenvalue weighted by molar-refractivity contribution is 5.86. The van der Waals surface area contributed by atoms with Gasteiger partial charge in [0.25, 0.3) is 0 Å². The smallest absolute Gasteiger partial charge is 0.353 e. The van der Waals surface area contributed by atoms with Gasteiger partial charge in [0.05, 0.1) is 0 Å². The number of aromatic amines is 1. The van der Waals surface area contributed by atoms with Gasteiger partial charge in [-0.05, 0) is 12.1 Å². The number of fused-ring (bicyclic) bond motifs is 1. The van der Waals surface area contributed by atoms with Crippen molar-refractivity contribution in [2.75, 3.05) is 0 Å². The molecule has 0 saturated carbocycles. The van der Waals surface area contributed by atoms with E-state index in [1.54, 1.807) is 6.20 Å². The highest BCUT2D eigenvalue weighted by Crippen LogP contribution is 2.17. The predicted molar refractivity (Wildman–Crippen MR) is 59.7 cm³/mol. The lowest BCUT2D eigenvalue weighted by Crippen LogP contribution is -1.95. The van der Waals surface area contributed by atoms with Crippen LogP contribution in [0.2, 0.25) is 0 Å². The largest absolute Gasteiger partial charge is 0.477 e. The lowest BCUT2D eigenvalue weighted by Gasteiger charge is -1.86. The Labute approximate surface area is 95.5 Å². The molecule has 3 aromatic heterocycles. The molecule has 0 aliphatic carbocycles. The van der Waals surface area contributed by atoms with Gasteiger partial charge in [-0.3, -0.25) is 5.10 Å². The number of nitrogens with zero attached hydrogens (tertiary/aromatic N) is 3. The van der Waals surface area contributed by atoms with Gasteiger partial charge in [0.15, 0.2) is 0 Å². The average molecular weight is 228 g/mol. The molecule has 3 heterocycles. The third kappa shape index (κ3) is 1.55. The second-order valence-corrected chi connectivity index (χ2v) is 3.56. The van der Waals surface area contributed by atoms with Crippen LogP contribution in [0.25, 0.3) is 17.0 Å². The van der Waals surface area contributed by atoms with E-state index in [9.17, 15) is 4.79 Å². The third-order valence-electron chi connectivity index (χ3n) is 2.43. The Kier molecular flexibility index (Phi) is 1.94. The fourth-order valence-electron chi connectivity index (χ4n) is 1.62. The molecule has 3 rings (SSSR count). The number of pyridine rings is 1. The number of imidazole rings is 1. The maximum atomic E-state index is 10.7. The van der Waals surface area contributed by atoms with E-state index in [4.69, 9.17) is 5.11 Å². The molecule has 6 heteroatoms. The molecule has 6 nitrogen and oxygen atoms in total. The first-order chi connectivity index (χ1) is 8.24. The van der Waals surface area contributed by atoms with Crippen LogP contribution in [-0.2, 0) is 0 Å². The third-order valence-corrected chi connectivity index (χ3v) is 2.43. The molecule has 0 amide bonds. The zero-order valence-electron chi connectivity index (χ0n) is 8.66. The van der Waals surface area contributed by atoms with E-state index < -0.39 is 5.97 Å². The van der Waals surface area contributed by atoms with Crippen LogP contribution in [0.15, 0.2) is 36.7 Å². The van der Waals surface area contributed by atoms with Gasteiger partial charge < -0.3 is 9.51 Å².